The van der Waals surface area contributed by atoms with Crippen molar-refractivity contribution in [3.05, 3.63) is 46.8 Å². The second kappa shape index (κ2) is 5.46. The Kier molecular flexibility index (Phi) is 3.62. The Morgan fingerprint density at radius 3 is 2.55 bits per heavy atom. The number of thioether (sulfide) groups is 1. The molecule has 5 nitrogen and oxygen atoms in total. The molecule has 0 aliphatic heterocycles. The first-order valence-corrected chi connectivity index (χ1v) is 7.71. The summed E-state index contributed by atoms with van der Waals surface area (Å²) in [5.74, 6) is -0.433. The third-order valence-corrected chi connectivity index (χ3v) is 4.75. The molecule has 3 aromatic rings. The van der Waals surface area contributed by atoms with E-state index in [0.717, 1.165) is 10.8 Å². The summed E-state index contributed by atoms with van der Waals surface area (Å²) >= 11 is 1.19. The van der Waals surface area contributed by atoms with Gasteiger partial charge in [0.15, 0.2) is 5.16 Å². The molecule has 1 amide bonds. The maximum Gasteiger partial charge on any atom is 0.261 e. The smallest absolute Gasteiger partial charge is 0.261 e. The quantitative estimate of drug-likeness (QED) is 0.456. The van der Waals surface area contributed by atoms with Crippen LogP contribution < -0.4 is 11.3 Å². The van der Waals surface area contributed by atoms with Gasteiger partial charge >= 0.3 is 0 Å². The highest BCUT2D eigenvalue weighted by molar-refractivity contribution is 8.00. The van der Waals surface area contributed by atoms with Gasteiger partial charge in [0.2, 0.25) is 5.91 Å². The zero-order chi connectivity index (χ0) is 15.9. The highest BCUT2D eigenvalue weighted by atomic mass is 32.2. The van der Waals surface area contributed by atoms with Gasteiger partial charge < -0.3 is 5.73 Å². The molecule has 0 bridgehead atoms. The summed E-state index contributed by atoms with van der Waals surface area (Å²) in [7, 11) is 1.65. The van der Waals surface area contributed by atoms with Gasteiger partial charge in [-0.2, -0.15) is 0 Å². The summed E-state index contributed by atoms with van der Waals surface area (Å²) in [6.07, 6.45) is 0. The van der Waals surface area contributed by atoms with Crippen LogP contribution in [0.3, 0.4) is 0 Å². The Hall–Kier alpha value is -2.34. The summed E-state index contributed by atoms with van der Waals surface area (Å²) < 4.78 is 1.46. The SMILES string of the molecule is C[C@H](Sc1nc2cc3ccccc3cc2c(=O)n1C)C(N)=O. The van der Waals surface area contributed by atoms with Crippen LogP contribution in [0, 0.1) is 0 Å². The van der Waals surface area contributed by atoms with Gasteiger partial charge in [0.05, 0.1) is 16.2 Å². The normalized spacial score (nSPS) is 12.6. The zero-order valence-corrected chi connectivity index (χ0v) is 13.1. The number of nitrogens with two attached hydrogens (primary N) is 1. The number of hydrogen-bond acceptors (Lipinski definition) is 4. The third-order valence-electron chi connectivity index (χ3n) is 3.58. The predicted octanol–water partition coefficient (Wildman–Crippen LogP) is 2.05. The third kappa shape index (κ3) is 2.46. The van der Waals surface area contributed by atoms with Gasteiger partial charge in [0, 0.05) is 7.05 Å². The lowest BCUT2D eigenvalue weighted by Gasteiger charge is -2.11. The minimum absolute atomic E-state index is 0.130. The molecule has 3 rings (SSSR count). The van der Waals surface area contributed by atoms with E-state index in [2.05, 4.69) is 4.98 Å². The first-order chi connectivity index (χ1) is 10.5. The minimum Gasteiger partial charge on any atom is -0.369 e. The minimum atomic E-state index is -0.448. The molecule has 0 aliphatic rings. The van der Waals surface area contributed by atoms with E-state index in [1.807, 2.05) is 36.4 Å². The van der Waals surface area contributed by atoms with Gasteiger partial charge in [0.25, 0.3) is 5.56 Å². The first-order valence-electron chi connectivity index (χ1n) is 6.83. The van der Waals surface area contributed by atoms with Crippen molar-refractivity contribution < 1.29 is 4.79 Å². The first kappa shape index (κ1) is 14.6. The molecule has 0 radical (unpaired) electrons. The summed E-state index contributed by atoms with van der Waals surface area (Å²) in [4.78, 5) is 28.3. The second-order valence-electron chi connectivity index (χ2n) is 5.14. The van der Waals surface area contributed by atoms with E-state index < -0.39 is 11.2 Å². The molecule has 1 heterocycles. The van der Waals surface area contributed by atoms with Crippen molar-refractivity contribution in [2.75, 3.05) is 0 Å². The van der Waals surface area contributed by atoms with Crippen LogP contribution in [0.15, 0.2) is 46.3 Å². The molecular formula is C16H15N3O2S. The van der Waals surface area contributed by atoms with Crippen molar-refractivity contribution >= 4 is 39.3 Å². The lowest BCUT2D eigenvalue weighted by Crippen LogP contribution is -2.25. The Labute approximate surface area is 131 Å². The number of aromatic nitrogens is 2. The average Bonchev–Trinajstić information content (AvgIpc) is 2.50. The Bertz CT molecular complexity index is 949. The highest BCUT2D eigenvalue weighted by Crippen LogP contribution is 2.24. The molecule has 2 aromatic carbocycles. The van der Waals surface area contributed by atoms with Crippen molar-refractivity contribution in [2.45, 2.75) is 17.3 Å². The van der Waals surface area contributed by atoms with Crippen molar-refractivity contribution in [3.8, 4) is 0 Å². The topological polar surface area (TPSA) is 78.0 Å². The number of carbonyl (C=O) groups is 1. The fraction of sp³-hybridized carbons (Fsp3) is 0.188. The summed E-state index contributed by atoms with van der Waals surface area (Å²) in [5.41, 5.74) is 5.78. The maximum atomic E-state index is 12.5. The molecular weight excluding hydrogens is 298 g/mol. The monoisotopic (exact) mass is 313 g/mol. The standard InChI is InChI=1S/C16H15N3O2S/c1-9(14(17)20)22-16-18-13-8-11-6-4-3-5-10(11)7-12(13)15(21)19(16)2/h3-9H,1-2H3,(H2,17,20)/t9-/m0/s1. The predicted molar refractivity (Wildman–Crippen MR) is 89.0 cm³/mol. The van der Waals surface area contributed by atoms with Crippen molar-refractivity contribution in [2.24, 2.45) is 12.8 Å². The van der Waals surface area contributed by atoms with Crippen LogP contribution in [0.2, 0.25) is 0 Å². The van der Waals surface area contributed by atoms with E-state index in [-0.39, 0.29) is 5.56 Å². The second-order valence-corrected chi connectivity index (χ2v) is 6.45. The van der Waals surface area contributed by atoms with E-state index in [9.17, 15) is 9.59 Å². The molecule has 0 fully saturated rings. The Morgan fingerprint density at radius 2 is 1.91 bits per heavy atom. The fourth-order valence-electron chi connectivity index (χ4n) is 2.26. The number of rotatable bonds is 3. The van der Waals surface area contributed by atoms with Crippen molar-refractivity contribution in [1.82, 2.24) is 9.55 Å². The van der Waals surface area contributed by atoms with Crippen molar-refractivity contribution in [3.63, 3.8) is 0 Å². The van der Waals surface area contributed by atoms with Crippen molar-refractivity contribution in [1.29, 1.82) is 0 Å². The molecule has 6 heteroatoms. The van der Waals surface area contributed by atoms with Crippen LogP contribution in [0.1, 0.15) is 6.92 Å². The molecule has 1 atom stereocenters. The summed E-state index contributed by atoms with van der Waals surface area (Å²) in [6.45, 7) is 1.70. The van der Waals surface area contributed by atoms with Gasteiger partial charge in [0.1, 0.15) is 0 Å². The Balaban J connectivity index is 2.24. The number of carbonyl (C=O) groups excluding carboxylic acids is 1. The molecule has 0 saturated heterocycles. The van der Waals surface area contributed by atoms with Crippen LogP contribution in [-0.4, -0.2) is 20.7 Å². The van der Waals surface area contributed by atoms with Gasteiger partial charge in [-0.3, -0.25) is 14.2 Å². The highest BCUT2D eigenvalue weighted by Gasteiger charge is 2.16. The zero-order valence-electron chi connectivity index (χ0n) is 12.2. The summed E-state index contributed by atoms with van der Waals surface area (Å²) in [6, 6.07) is 11.6. The lowest BCUT2D eigenvalue weighted by atomic mass is 10.1. The lowest BCUT2D eigenvalue weighted by molar-refractivity contribution is -0.117. The maximum absolute atomic E-state index is 12.5. The van der Waals surface area contributed by atoms with Crippen LogP contribution in [0.4, 0.5) is 0 Å². The van der Waals surface area contributed by atoms with Gasteiger partial charge in [-0.1, -0.05) is 36.0 Å². The van der Waals surface area contributed by atoms with Crippen LogP contribution >= 0.6 is 11.8 Å². The van der Waals surface area contributed by atoms with E-state index in [4.69, 9.17) is 5.73 Å². The summed E-state index contributed by atoms with van der Waals surface area (Å²) in [5, 5.41) is 2.63. The molecule has 0 saturated carbocycles. The average molecular weight is 313 g/mol. The molecule has 2 N–H and O–H groups in total. The number of hydrogen-bond donors (Lipinski definition) is 1. The van der Waals surface area contributed by atoms with E-state index in [0.29, 0.717) is 16.1 Å². The molecule has 112 valence electrons. The van der Waals surface area contributed by atoms with Crippen LogP contribution in [-0.2, 0) is 11.8 Å². The number of amides is 1. The largest absolute Gasteiger partial charge is 0.369 e. The number of nitrogens with zero attached hydrogens (tertiary/aromatic N) is 2. The molecule has 0 spiro atoms. The molecule has 0 aliphatic carbocycles. The number of fused-ring (bicyclic) bond motifs is 2. The van der Waals surface area contributed by atoms with E-state index in [1.54, 1.807) is 14.0 Å². The van der Waals surface area contributed by atoms with E-state index >= 15 is 0 Å². The van der Waals surface area contributed by atoms with Crippen LogP contribution in [0.5, 0.6) is 0 Å². The molecule has 22 heavy (non-hydrogen) atoms. The van der Waals surface area contributed by atoms with Gasteiger partial charge in [-0.25, -0.2) is 4.98 Å². The Morgan fingerprint density at radius 1 is 1.27 bits per heavy atom. The number of primary amides is 1. The number of benzene rings is 2. The van der Waals surface area contributed by atoms with Crippen LogP contribution in [0.25, 0.3) is 21.7 Å². The van der Waals surface area contributed by atoms with Gasteiger partial charge in [-0.05, 0) is 29.8 Å². The van der Waals surface area contributed by atoms with Gasteiger partial charge in [-0.15, -0.1) is 0 Å². The van der Waals surface area contributed by atoms with E-state index in [1.165, 1.54) is 16.3 Å². The molecule has 0 unspecified atom stereocenters. The fourth-order valence-corrected chi connectivity index (χ4v) is 3.08. The molecule has 1 aromatic heterocycles.